The van der Waals surface area contributed by atoms with Gasteiger partial charge in [-0.3, -0.25) is 0 Å². The third kappa shape index (κ3) is 1.95. The number of nitrogens with zero attached hydrogens (tertiary/aromatic N) is 2. The maximum absolute atomic E-state index is 11.8. The quantitative estimate of drug-likeness (QED) is 0.611. The van der Waals surface area contributed by atoms with Crippen LogP contribution >= 0.6 is 0 Å². The van der Waals surface area contributed by atoms with Gasteiger partial charge in [-0.05, 0) is 26.2 Å². The first-order chi connectivity index (χ1) is 6.07. The van der Waals surface area contributed by atoms with Gasteiger partial charge >= 0.3 is 6.03 Å². The lowest BCUT2D eigenvalue weighted by Gasteiger charge is -2.30. The molecule has 0 bridgehead atoms. The molecule has 0 N–H and O–H groups in total. The van der Waals surface area contributed by atoms with E-state index in [9.17, 15) is 4.79 Å². The lowest BCUT2D eigenvalue weighted by atomic mass is 10.2. The molecule has 3 nitrogen and oxygen atoms in total. The highest BCUT2D eigenvalue weighted by Crippen LogP contribution is 2.26. The number of rotatable bonds is 1. The van der Waals surface area contributed by atoms with Crippen LogP contribution in [0.3, 0.4) is 0 Å². The Hall–Kier alpha value is -0.730. The highest BCUT2D eigenvalue weighted by molar-refractivity contribution is 5.74. The molecule has 1 fully saturated rings. The SMILES string of the molecule is CCC1CCC(C)N1C(=O)N(C)C. The Morgan fingerprint density at radius 2 is 2.08 bits per heavy atom. The zero-order valence-electron chi connectivity index (χ0n) is 9.08. The highest BCUT2D eigenvalue weighted by Gasteiger charge is 2.33. The Morgan fingerprint density at radius 3 is 2.54 bits per heavy atom. The van der Waals surface area contributed by atoms with Crippen molar-refractivity contribution in [1.29, 1.82) is 0 Å². The average Bonchev–Trinajstić information content (AvgIpc) is 2.45. The van der Waals surface area contributed by atoms with Crippen LogP contribution in [0.2, 0.25) is 0 Å². The summed E-state index contributed by atoms with van der Waals surface area (Å²) in [5.41, 5.74) is 0. The zero-order chi connectivity index (χ0) is 10.0. The van der Waals surface area contributed by atoms with Crippen LogP contribution in [-0.4, -0.2) is 42.0 Å². The number of carbonyl (C=O) groups is 1. The topological polar surface area (TPSA) is 23.6 Å². The maximum atomic E-state index is 11.8. The molecule has 2 amide bonds. The van der Waals surface area contributed by atoms with Crippen molar-refractivity contribution in [3.8, 4) is 0 Å². The predicted octanol–water partition coefficient (Wildman–Crippen LogP) is 1.93. The molecule has 0 radical (unpaired) electrons. The Kier molecular flexibility index (Phi) is 3.17. The van der Waals surface area contributed by atoms with Crippen LogP contribution in [0.15, 0.2) is 0 Å². The van der Waals surface area contributed by atoms with E-state index < -0.39 is 0 Å². The molecule has 0 saturated carbocycles. The minimum atomic E-state index is 0.164. The first kappa shape index (κ1) is 10.4. The summed E-state index contributed by atoms with van der Waals surface area (Å²) in [6.45, 7) is 4.29. The molecule has 13 heavy (non-hydrogen) atoms. The third-order valence-corrected chi connectivity index (χ3v) is 2.86. The van der Waals surface area contributed by atoms with E-state index in [-0.39, 0.29) is 6.03 Å². The van der Waals surface area contributed by atoms with E-state index in [1.165, 1.54) is 0 Å². The summed E-state index contributed by atoms with van der Waals surface area (Å²) in [5, 5.41) is 0. The number of hydrogen-bond donors (Lipinski definition) is 0. The number of amides is 2. The molecule has 3 heteroatoms. The standard InChI is InChI=1S/C10H20N2O/c1-5-9-7-6-8(2)12(9)10(13)11(3)4/h8-9H,5-7H2,1-4H3. The Balaban J connectivity index is 2.69. The van der Waals surface area contributed by atoms with Crippen LogP contribution in [-0.2, 0) is 0 Å². The molecular formula is C10H20N2O. The molecule has 0 aromatic heterocycles. The van der Waals surface area contributed by atoms with Crippen molar-refractivity contribution in [2.75, 3.05) is 14.1 Å². The summed E-state index contributed by atoms with van der Waals surface area (Å²) < 4.78 is 0. The smallest absolute Gasteiger partial charge is 0.319 e. The van der Waals surface area contributed by atoms with Gasteiger partial charge in [-0.1, -0.05) is 6.92 Å². The number of carbonyl (C=O) groups excluding carboxylic acids is 1. The van der Waals surface area contributed by atoms with E-state index in [0.717, 1.165) is 19.3 Å². The van der Waals surface area contributed by atoms with E-state index in [1.807, 2.05) is 19.0 Å². The first-order valence-electron chi connectivity index (χ1n) is 5.07. The Labute approximate surface area is 80.7 Å². The van der Waals surface area contributed by atoms with Crippen LogP contribution in [0.5, 0.6) is 0 Å². The zero-order valence-corrected chi connectivity index (χ0v) is 9.08. The van der Waals surface area contributed by atoms with Gasteiger partial charge < -0.3 is 9.80 Å². The first-order valence-corrected chi connectivity index (χ1v) is 5.07. The van der Waals surface area contributed by atoms with Gasteiger partial charge in [0.05, 0.1) is 0 Å². The second-order valence-electron chi connectivity index (χ2n) is 4.07. The molecule has 0 aromatic rings. The summed E-state index contributed by atoms with van der Waals surface area (Å²) in [5.74, 6) is 0. The van der Waals surface area contributed by atoms with Crippen molar-refractivity contribution < 1.29 is 4.79 Å². The summed E-state index contributed by atoms with van der Waals surface area (Å²) in [7, 11) is 3.64. The largest absolute Gasteiger partial charge is 0.331 e. The fourth-order valence-corrected chi connectivity index (χ4v) is 2.05. The fourth-order valence-electron chi connectivity index (χ4n) is 2.05. The molecule has 2 atom stereocenters. The molecule has 76 valence electrons. The van der Waals surface area contributed by atoms with Crippen LogP contribution < -0.4 is 0 Å². The molecule has 1 heterocycles. The van der Waals surface area contributed by atoms with Gasteiger partial charge in [0.1, 0.15) is 0 Å². The van der Waals surface area contributed by atoms with Crippen molar-refractivity contribution in [2.24, 2.45) is 0 Å². The lowest BCUT2D eigenvalue weighted by molar-refractivity contribution is 0.149. The van der Waals surface area contributed by atoms with Gasteiger partial charge in [-0.25, -0.2) is 4.79 Å². The van der Waals surface area contributed by atoms with Gasteiger partial charge in [-0.2, -0.15) is 0 Å². The molecule has 0 aliphatic carbocycles. The normalized spacial score (nSPS) is 27.8. The summed E-state index contributed by atoms with van der Waals surface area (Å²) in [4.78, 5) is 15.5. The van der Waals surface area contributed by atoms with Gasteiger partial charge in [0, 0.05) is 26.2 Å². The van der Waals surface area contributed by atoms with Crippen LogP contribution in [0.4, 0.5) is 4.79 Å². The molecule has 0 spiro atoms. The minimum absolute atomic E-state index is 0.164. The van der Waals surface area contributed by atoms with Crippen molar-refractivity contribution >= 4 is 6.03 Å². The molecule has 0 aromatic carbocycles. The molecular weight excluding hydrogens is 164 g/mol. The van der Waals surface area contributed by atoms with E-state index in [1.54, 1.807) is 4.90 Å². The lowest BCUT2D eigenvalue weighted by Crippen LogP contribution is -2.45. The van der Waals surface area contributed by atoms with E-state index in [2.05, 4.69) is 13.8 Å². The second kappa shape index (κ2) is 3.99. The van der Waals surface area contributed by atoms with Gasteiger partial charge in [0.2, 0.25) is 0 Å². The number of likely N-dealkylation sites (tertiary alicyclic amines) is 1. The van der Waals surface area contributed by atoms with Gasteiger partial charge in [0.15, 0.2) is 0 Å². The summed E-state index contributed by atoms with van der Waals surface area (Å²) >= 11 is 0. The van der Waals surface area contributed by atoms with Crippen molar-refractivity contribution in [2.45, 2.75) is 45.2 Å². The Morgan fingerprint density at radius 1 is 1.46 bits per heavy atom. The van der Waals surface area contributed by atoms with E-state index in [4.69, 9.17) is 0 Å². The number of urea groups is 1. The minimum Gasteiger partial charge on any atom is -0.331 e. The molecule has 1 saturated heterocycles. The van der Waals surface area contributed by atoms with Crippen LogP contribution in [0.1, 0.15) is 33.1 Å². The van der Waals surface area contributed by atoms with Gasteiger partial charge in [-0.15, -0.1) is 0 Å². The highest BCUT2D eigenvalue weighted by atomic mass is 16.2. The van der Waals surface area contributed by atoms with Crippen molar-refractivity contribution in [1.82, 2.24) is 9.80 Å². The average molecular weight is 184 g/mol. The van der Waals surface area contributed by atoms with Crippen molar-refractivity contribution in [3.05, 3.63) is 0 Å². The Bertz CT molecular complexity index is 191. The molecule has 1 aliphatic rings. The summed E-state index contributed by atoms with van der Waals surface area (Å²) in [6.07, 6.45) is 3.39. The number of hydrogen-bond acceptors (Lipinski definition) is 1. The third-order valence-electron chi connectivity index (χ3n) is 2.86. The van der Waals surface area contributed by atoms with Crippen molar-refractivity contribution in [3.63, 3.8) is 0 Å². The maximum Gasteiger partial charge on any atom is 0.319 e. The van der Waals surface area contributed by atoms with E-state index in [0.29, 0.717) is 12.1 Å². The molecule has 1 rings (SSSR count). The monoisotopic (exact) mass is 184 g/mol. The second-order valence-corrected chi connectivity index (χ2v) is 4.07. The summed E-state index contributed by atoms with van der Waals surface area (Å²) in [6, 6.07) is 1.04. The fraction of sp³-hybridized carbons (Fsp3) is 0.900. The molecule has 1 aliphatic heterocycles. The van der Waals surface area contributed by atoms with Crippen LogP contribution in [0.25, 0.3) is 0 Å². The van der Waals surface area contributed by atoms with E-state index >= 15 is 0 Å². The molecule has 2 unspecified atom stereocenters. The van der Waals surface area contributed by atoms with Crippen LogP contribution in [0, 0.1) is 0 Å². The van der Waals surface area contributed by atoms with Gasteiger partial charge in [0.25, 0.3) is 0 Å². The predicted molar refractivity (Wildman–Crippen MR) is 53.7 cm³/mol.